The lowest BCUT2D eigenvalue weighted by Gasteiger charge is -2.16. The number of amides is 2. The molecule has 0 saturated carbocycles. The van der Waals surface area contributed by atoms with E-state index >= 15 is 0 Å². The van der Waals surface area contributed by atoms with Gasteiger partial charge in [-0.1, -0.05) is 45.0 Å². The number of aromatic nitrogens is 9. The number of aromatic carboxylic acids is 1. The number of nitrogens with zero attached hydrogens (tertiary/aromatic N) is 9. The molecule has 2 amide bonds. The Labute approximate surface area is 680 Å². The number of hydrogen-bond acceptors (Lipinski definition) is 25. The fourth-order valence-corrected chi connectivity index (χ4v) is 15.0. The summed E-state index contributed by atoms with van der Waals surface area (Å²) in [4.78, 5) is 62.9. The average Bonchev–Trinajstić information content (AvgIpc) is 1.65. The number of rotatable bonds is 23. The van der Waals surface area contributed by atoms with E-state index in [0.717, 1.165) is 11.0 Å². The number of nitrogens with one attached hydrogen (secondary N) is 2. The lowest BCUT2D eigenvalue weighted by molar-refractivity contribution is -0.287. The molecule has 9 heterocycles. The van der Waals surface area contributed by atoms with Gasteiger partial charge in [-0.3, -0.25) is 24.5 Å². The number of benzene rings is 6. The van der Waals surface area contributed by atoms with Gasteiger partial charge in [-0.2, -0.15) is 0 Å². The fraction of sp³-hybridized carbons (Fsp3) is 0.269. The number of carboxylic acid groups (broad SMARTS) is 1. The highest BCUT2D eigenvalue weighted by molar-refractivity contribution is 7.92. The van der Waals surface area contributed by atoms with Crippen molar-refractivity contribution in [1.82, 2.24) is 54.2 Å². The lowest BCUT2D eigenvalue weighted by atomic mass is 10.1. The first-order valence-electron chi connectivity index (χ1n) is 35.9. The first kappa shape index (κ1) is 87.8. The molecule has 3 aliphatic heterocycles. The maximum absolute atomic E-state index is 13.4. The quantitative estimate of drug-likeness (QED) is 0.0293. The number of aliphatic hydroxyl groups is 3. The Morgan fingerprint density at radius 2 is 0.807 bits per heavy atom. The zero-order valence-electron chi connectivity index (χ0n) is 63.6. The van der Waals surface area contributed by atoms with E-state index in [4.69, 9.17) is 15.9 Å². The molecule has 3 atom stereocenters. The van der Waals surface area contributed by atoms with Crippen LogP contribution in [0.2, 0.25) is 0 Å². The van der Waals surface area contributed by atoms with Crippen molar-refractivity contribution < 1.29 is 115 Å². The van der Waals surface area contributed by atoms with Gasteiger partial charge in [-0.05, 0) is 153 Å². The molecule has 0 spiro atoms. The van der Waals surface area contributed by atoms with Crippen LogP contribution in [0.1, 0.15) is 121 Å². The van der Waals surface area contributed by atoms with Crippen molar-refractivity contribution in [3.63, 3.8) is 0 Å². The smallest absolute Gasteiger partial charge is 0.478 e. The molecule has 0 bridgehead atoms. The Hall–Kier alpha value is -12.1. The minimum Gasteiger partial charge on any atom is -0.478 e. The normalized spacial score (nSPS) is 14.6. The number of carbonyl (C=O) groups excluding carboxylic acids is 2. The summed E-state index contributed by atoms with van der Waals surface area (Å²) in [6.07, 6.45) is -7.39. The van der Waals surface area contributed by atoms with E-state index in [9.17, 15) is 76.2 Å². The SMILES string of the molecule is CCS(=O)(=O)c1ccc([C@@H](CO)NC(=O)c2ccc3c(c2)nc(C)n3Cc2ccc3c(c2)OC(F)(F)O3)nc1.CCS(=O)(=O)c1ccc([C@@H](N)CO)nc1.CCS(=O)(=O)c1ccc([C@H](CO)NC(=O)c2ccc3c(c2)nc(C)n3Cc2ccc3c(c2)OC(F)(F)O3)nc1.Cc1nc2cc(C(=O)O)ccc2n1Cc1cccc2c1OC(F)(F)O2.Cl. The number of ether oxygens (including phenoxy) is 6. The average molecular weight is 1730 g/mol. The highest BCUT2D eigenvalue weighted by Crippen LogP contribution is 2.45. The Bertz CT molecular complexity index is 5940. The van der Waals surface area contributed by atoms with E-state index in [0.29, 0.717) is 97.5 Å². The molecule has 628 valence electrons. The molecule has 119 heavy (non-hydrogen) atoms. The van der Waals surface area contributed by atoms with Gasteiger partial charge in [-0.25, -0.2) is 45.0 Å². The maximum atomic E-state index is 13.4. The van der Waals surface area contributed by atoms with E-state index in [-0.39, 0.29) is 97.6 Å². The minimum atomic E-state index is -3.69. The zero-order chi connectivity index (χ0) is 85.1. The first-order chi connectivity index (χ1) is 55.8. The van der Waals surface area contributed by atoms with Crippen molar-refractivity contribution in [2.75, 3.05) is 37.1 Å². The van der Waals surface area contributed by atoms with Gasteiger partial charge in [0, 0.05) is 48.4 Å². The van der Waals surface area contributed by atoms with Gasteiger partial charge in [0.1, 0.15) is 17.5 Å². The number of hydrogen-bond donors (Lipinski definition) is 7. The van der Waals surface area contributed by atoms with Crippen molar-refractivity contribution in [2.24, 2.45) is 5.73 Å². The number of nitrogens with two attached hydrogens (primary N) is 1. The van der Waals surface area contributed by atoms with Gasteiger partial charge >= 0.3 is 24.9 Å². The second kappa shape index (κ2) is 35.3. The molecule has 0 fully saturated rings. The van der Waals surface area contributed by atoms with E-state index < -0.39 is 97.5 Å². The molecule has 6 aromatic carbocycles. The van der Waals surface area contributed by atoms with Gasteiger partial charge in [0.25, 0.3) is 11.8 Å². The standard InChI is InChI=1S/2C26H24F2N4O6S.C17H12F2N2O4.C9H14N2O3S.ClH/c2*1-3-39(35,36)18-6-7-19(29-12-18)21(14-33)31-25(34)17-5-8-22-20(11-17)30-15(2)32(22)13-16-4-9-23-24(10-16)38-26(27,28)37-23;1-9-20-12-7-10(16(22)23)5-6-13(12)21(9)8-11-3-2-4-14-15(11)25-17(18,19)24-14;1-2-15(13,14)7-3-4-9(11-5-7)8(10)6-12;/h2*4-12,21,33H,3,13-14H2,1-2H3,(H,31,34);2-7H,8H2,1H3,(H,22,23);3-5,8,12H,2,6,10H2,1H3;1H/t2*21-;;8-;/m10.0./s1. The number of pyridine rings is 3. The summed E-state index contributed by atoms with van der Waals surface area (Å²) < 4.78 is 184. The summed E-state index contributed by atoms with van der Waals surface area (Å²) in [5.41, 5.74) is 13.0. The van der Waals surface area contributed by atoms with Gasteiger partial charge < -0.3 is 78.9 Å². The number of imidazole rings is 3. The van der Waals surface area contributed by atoms with Crippen LogP contribution in [0, 0.1) is 20.8 Å². The third kappa shape index (κ3) is 19.9. The Kier molecular flexibility index (Phi) is 26.0. The van der Waals surface area contributed by atoms with Crippen molar-refractivity contribution in [2.45, 2.75) is 113 Å². The Morgan fingerprint density at radius 3 is 1.18 bits per heavy atom. The summed E-state index contributed by atoms with van der Waals surface area (Å²) in [6, 6.07) is 34.7. The molecule has 8 N–H and O–H groups in total. The highest BCUT2D eigenvalue weighted by Gasteiger charge is 2.46. The monoisotopic (exact) mass is 1730 g/mol. The lowest BCUT2D eigenvalue weighted by Crippen LogP contribution is -2.31. The molecule has 6 aromatic heterocycles. The van der Waals surface area contributed by atoms with Crippen LogP contribution in [0.3, 0.4) is 0 Å². The number of sulfone groups is 3. The van der Waals surface area contributed by atoms with E-state index in [1.165, 1.54) is 111 Å². The van der Waals surface area contributed by atoms with Crippen LogP contribution in [0.15, 0.2) is 179 Å². The number of aliphatic hydroxyl groups excluding tert-OH is 3. The Morgan fingerprint density at radius 1 is 0.445 bits per heavy atom. The molecular weight excluding hydrogens is 1650 g/mol. The van der Waals surface area contributed by atoms with E-state index in [1.807, 2.05) is 9.13 Å². The third-order valence-corrected chi connectivity index (χ3v) is 24.0. The molecule has 0 radical (unpaired) electrons. The second-order valence-electron chi connectivity index (χ2n) is 26.6. The topological polar surface area (TPSA) is 432 Å². The summed E-state index contributed by atoms with van der Waals surface area (Å²) in [7, 11) is -10.1. The van der Waals surface area contributed by atoms with Crippen LogP contribution in [0.4, 0.5) is 26.3 Å². The van der Waals surface area contributed by atoms with Crippen molar-refractivity contribution in [3.8, 4) is 34.5 Å². The molecule has 0 unspecified atom stereocenters. The predicted octanol–water partition coefficient (Wildman–Crippen LogP) is 10.4. The van der Waals surface area contributed by atoms with Crippen LogP contribution in [0.5, 0.6) is 34.5 Å². The number of carboxylic acids is 1. The van der Waals surface area contributed by atoms with E-state index in [2.05, 4.69) is 69.0 Å². The van der Waals surface area contributed by atoms with Crippen LogP contribution >= 0.6 is 12.4 Å². The molecule has 3 aliphatic rings. The van der Waals surface area contributed by atoms with Gasteiger partial charge in [-0.15, -0.1) is 38.7 Å². The predicted molar refractivity (Wildman–Crippen MR) is 417 cm³/mol. The molecule has 41 heteroatoms. The maximum Gasteiger partial charge on any atom is 0.586 e. The molecule has 31 nitrogen and oxygen atoms in total. The second-order valence-corrected chi connectivity index (χ2v) is 33.5. The number of alkyl halides is 6. The summed E-state index contributed by atoms with van der Waals surface area (Å²) in [6.45, 7) is 9.73. The fourth-order valence-electron chi connectivity index (χ4n) is 12.5. The van der Waals surface area contributed by atoms with Gasteiger partial charge in [0.05, 0.1) is 132 Å². The van der Waals surface area contributed by atoms with Gasteiger partial charge in [0.15, 0.2) is 64.0 Å². The number of para-hydroxylation sites is 1. The summed E-state index contributed by atoms with van der Waals surface area (Å²) >= 11 is 0. The van der Waals surface area contributed by atoms with Crippen molar-refractivity contribution >= 4 is 92.8 Å². The van der Waals surface area contributed by atoms with Crippen molar-refractivity contribution in [1.29, 1.82) is 0 Å². The van der Waals surface area contributed by atoms with Crippen molar-refractivity contribution in [3.05, 3.63) is 232 Å². The molecule has 12 aromatic rings. The number of fused-ring (bicyclic) bond motifs is 6. The number of carbonyl (C=O) groups is 3. The largest absolute Gasteiger partial charge is 0.586 e. The van der Waals surface area contributed by atoms with Crippen LogP contribution in [-0.2, 0) is 49.1 Å². The summed E-state index contributed by atoms with van der Waals surface area (Å²) in [5.74, 6) is -0.370. The van der Waals surface area contributed by atoms with Crippen LogP contribution in [0.25, 0.3) is 33.1 Å². The van der Waals surface area contributed by atoms with E-state index in [1.54, 1.807) is 99.0 Å². The van der Waals surface area contributed by atoms with Crippen LogP contribution < -0.4 is 44.8 Å². The zero-order valence-corrected chi connectivity index (χ0v) is 66.9. The molecule has 15 rings (SSSR count). The number of halogens is 7. The molecular formula is C78H75ClF6N12O19S3. The minimum absolute atomic E-state index is 0. The number of aryl methyl sites for hydroxylation is 3. The van der Waals surface area contributed by atoms with Crippen LogP contribution in [-0.4, -0.2) is 163 Å². The summed E-state index contributed by atoms with van der Waals surface area (Å²) in [5, 5.41) is 43.0. The molecule has 0 saturated heterocycles. The molecule has 0 aliphatic carbocycles. The first-order valence-corrected chi connectivity index (χ1v) is 40.8. The highest BCUT2D eigenvalue weighted by atomic mass is 35.5. The third-order valence-electron chi connectivity index (χ3n) is 18.8. The van der Waals surface area contributed by atoms with Gasteiger partial charge in [0.2, 0.25) is 0 Å². The Balaban J connectivity index is 0.000000163.